The lowest BCUT2D eigenvalue weighted by atomic mass is 10.0. The Hall–Kier alpha value is -3.15. The van der Waals surface area contributed by atoms with Crippen molar-refractivity contribution in [1.29, 1.82) is 0 Å². The number of amides is 1. The highest BCUT2D eigenvalue weighted by atomic mass is 19.1. The number of nitrogens with one attached hydrogen (secondary N) is 1. The third kappa shape index (κ3) is 4.01. The first kappa shape index (κ1) is 19.2. The second-order valence-electron chi connectivity index (χ2n) is 7.55. The van der Waals surface area contributed by atoms with Crippen molar-refractivity contribution >= 4 is 11.7 Å². The molecule has 29 heavy (non-hydrogen) atoms. The summed E-state index contributed by atoms with van der Waals surface area (Å²) >= 11 is 0. The Labute approximate surface area is 170 Å². The lowest BCUT2D eigenvalue weighted by Crippen LogP contribution is -2.35. The van der Waals surface area contributed by atoms with Gasteiger partial charge in [-0.1, -0.05) is 24.3 Å². The molecule has 0 radical (unpaired) electrons. The van der Waals surface area contributed by atoms with Crippen LogP contribution in [0.15, 0.2) is 48.5 Å². The molecule has 3 aromatic rings. The molecule has 0 bridgehead atoms. The van der Waals surface area contributed by atoms with Crippen LogP contribution in [0, 0.1) is 19.7 Å². The van der Waals surface area contributed by atoms with E-state index in [1.165, 1.54) is 17.2 Å². The Balaban J connectivity index is 1.46. The summed E-state index contributed by atoms with van der Waals surface area (Å²) in [6, 6.07) is 14.6. The number of rotatable bonds is 3. The average Bonchev–Trinajstić information content (AvgIpc) is 3.08. The molecule has 150 valence electrons. The number of hydrogen-bond acceptors (Lipinski definition) is 3. The second-order valence-corrected chi connectivity index (χ2v) is 7.55. The predicted octanol–water partition coefficient (Wildman–Crippen LogP) is 4.19. The largest absolute Gasteiger partial charge is 0.353 e. The van der Waals surface area contributed by atoms with E-state index in [1.54, 1.807) is 23.1 Å². The lowest BCUT2D eigenvalue weighted by molar-refractivity contribution is 0.0762. The van der Waals surface area contributed by atoms with Crippen LogP contribution in [0.1, 0.15) is 27.9 Å². The number of aromatic nitrogens is 2. The maximum absolute atomic E-state index is 14.0. The number of aryl methyl sites for hydroxylation is 2. The van der Waals surface area contributed by atoms with Gasteiger partial charge in [0.2, 0.25) is 0 Å². The van der Waals surface area contributed by atoms with Crippen LogP contribution >= 0.6 is 0 Å². The molecule has 4 rings (SSSR count). The highest BCUT2D eigenvalue weighted by Crippen LogP contribution is 2.25. The Bertz CT molecular complexity index is 1030. The van der Waals surface area contributed by atoms with E-state index in [0.717, 1.165) is 30.0 Å². The van der Waals surface area contributed by atoms with Crippen LogP contribution in [0.25, 0.3) is 11.3 Å². The number of carbonyl (C=O) groups excluding carboxylic acids is 1. The number of hydrogen-bond donors (Lipinski definition) is 1. The minimum absolute atomic E-state index is 0.137. The van der Waals surface area contributed by atoms with E-state index < -0.39 is 5.82 Å². The van der Waals surface area contributed by atoms with Gasteiger partial charge in [-0.25, -0.2) is 4.39 Å². The molecule has 6 heteroatoms. The van der Waals surface area contributed by atoms with Crippen molar-refractivity contribution in [3.8, 4) is 11.3 Å². The molecule has 5 nitrogen and oxygen atoms in total. The highest BCUT2D eigenvalue weighted by Gasteiger charge is 2.23. The van der Waals surface area contributed by atoms with Crippen molar-refractivity contribution in [3.05, 3.63) is 71.0 Å². The van der Waals surface area contributed by atoms with Crippen LogP contribution in [0.4, 0.5) is 10.2 Å². The molecule has 1 aromatic heterocycles. The molecule has 2 heterocycles. The maximum Gasteiger partial charge on any atom is 0.256 e. The molecule has 0 aliphatic carbocycles. The van der Waals surface area contributed by atoms with Crippen molar-refractivity contribution in [3.63, 3.8) is 0 Å². The summed E-state index contributed by atoms with van der Waals surface area (Å²) in [5.74, 6) is 0.158. The Morgan fingerprint density at radius 3 is 2.62 bits per heavy atom. The number of nitrogens with zero attached hydrogens (tertiary/aromatic N) is 3. The van der Waals surface area contributed by atoms with Gasteiger partial charge in [0, 0.05) is 32.2 Å². The van der Waals surface area contributed by atoms with Crippen LogP contribution in [0.5, 0.6) is 0 Å². The number of carbonyl (C=O) groups is 1. The molecule has 0 unspecified atom stereocenters. The Morgan fingerprint density at radius 1 is 1.00 bits per heavy atom. The fraction of sp³-hybridized carbons (Fsp3) is 0.304. The van der Waals surface area contributed by atoms with Gasteiger partial charge in [-0.2, -0.15) is 5.10 Å². The molecule has 0 spiro atoms. The predicted molar refractivity (Wildman–Crippen MR) is 113 cm³/mol. The van der Waals surface area contributed by atoms with Crippen LogP contribution in [-0.2, 0) is 0 Å². The van der Waals surface area contributed by atoms with Gasteiger partial charge in [-0.3, -0.25) is 9.89 Å². The van der Waals surface area contributed by atoms with Gasteiger partial charge in [0.25, 0.3) is 5.91 Å². The van der Waals surface area contributed by atoms with Crippen molar-refractivity contribution in [1.82, 2.24) is 15.1 Å². The molecule has 1 aliphatic rings. The molecule has 0 atom stereocenters. The standard InChI is InChI=1S/C23H25FN4O/c1-16-8-9-18(14-17(16)2)21-15-22(26-25-21)27-10-5-11-28(13-12-27)23(29)19-6-3-4-7-20(19)24/h3-4,6-9,14-15H,5,10-13H2,1-2H3,(H,25,26). The minimum Gasteiger partial charge on any atom is -0.353 e. The first-order valence-corrected chi connectivity index (χ1v) is 9.95. The van der Waals surface area contributed by atoms with Crippen molar-refractivity contribution < 1.29 is 9.18 Å². The first-order valence-electron chi connectivity index (χ1n) is 9.95. The highest BCUT2D eigenvalue weighted by molar-refractivity contribution is 5.94. The van der Waals surface area contributed by atoms with E-state index in [2.05, 4.69) is 53.2 Å². The zero-order valence-electron chi connectivity index (χ0n) is 16.8. The molecule has 1 amide bonds. The number of anilines is 1. The van der Waals surface area contributed by atoms with Gasteiger partial charge in [0.05, 0.1) is 11.3 Å². The van der Waals surface area contributed by atoms with E-state index in [4.69, 9.17) is 0 Å². The fourth-order valence-electron chi connectivity index (χ4n) is 3.68. The molecular formula is C23H25FN4O. The molecule has 2 aromatic carbocycles. The zero-order chi connectivity index (χ0) is 20.4. The SMILES string of the molecule is Cc1ccc(-c2cc(N3CCCN(C(=O)c4ccccc4F)CC3)n[nH]2)cc1C. The number of H-pyrrole nitrogens is 1. The smallest absolute Gasteiger partial charge is 0.256 e. The van der Waals surface area contributed by atoms with Gasteiger partial charge < -0.3 is 9.80 Å². The third-order valence-electron chi connectivity index (χ3n) is 5.59. The van der Waals surface area contributed by atoms with Crippen LogP contribution < -0.4 is 4.90 Å². The van der Waals surface area contributed by atoms with E-state index in [0.29, 0.717) is 19.6 Å². The second kappa shape index (κ2) is 8.07. The molecule has 1 N–H and O–H groups in total. The Morgan fingerprint density at radius 2 is 1.83 bits per heavy atom. The van der Waals surface area contributed by atoms with Gasteiger partial charge in [0.15, 0.2) is 5.82 Å². The monoisotopic (exact) mass is 392 g/mol. The van der Waals surface area contributed by atoms with Crippen LogP contribution in [0.2, 0.25) is 0 Å². The average molecular weight is 392 g/mol. The fourth-order valence-corrected chi connectivity index (χ4v) is 3.68. The summed E-state index contributed by atoms with van der Waals surface area (Å²) in [5, 5.41) is 7.62. The van der Waals surface area contributed by atoms with Crippen LogP contribution in [-0.4, -0.2) is 47.2 Å². The Kier molecular flexibility index (Phi) is 5.34. The summed E-state index contributed by atoms with van der Waals surface area (Å²) in [4.78, 5) is 16.6. The van der Waals surface area contributed by atoms with Crippen molar-refractivity contribution in [2.75, 3.05) is 31.1 Å². The third-order valence-corrected chi connectivity index (χ3v) is 5.59. The molecule has 1 aliphatic heterocycles. The summed E-state index contributed by atoms with van der Waals surface area (Å²) in [6.45, 7) is 6.82. The lowest BCUT2D eigenvalue weighted by Gasteiger charge is -2.22. The maximum atomic E-state index is 14.0. The minimum atomic E-state index is -0.469. The normalized spacial score (nSPS) is 14.7. The van der Waals surface area contributed by atoms with E-state index in [9.17, 15) is 9.18 Å². The van der Waals surface area contributed by atoms with Crippen molar-refractivity contribution in [2.24, 2.45) is 0 Å². The number of halogens is 1. The summed E-state index contributed by atoms with van der Waals surface area (Å²) in [6.07, 6.45) is 0.812. The van der Waals surface area contributed by atoms with E-state index >= 15 is 0 Å². The summed E-state index contributed by atoms with van der Waals surface area (Å²) in [5.41, 5.74) is 4.73. The number of aromatic amines is 1. The molecule has 1 fully saturated rings. The summed E-state index contributed by atoms with van der Waals surface area (Å²) < 4.78 is 14.0. The molecular weight excluding hydrogens is 367 g/mol. The topological polar surface area (TPSA) is 52.2 Å². The van der Waals surface area contributed by atoms with Gasteiger partial charge in [-0.15, -0.1) is 0 Å². The van der Waals surface area contributed by atoms with Gasteiger partial charge >= 0.3 is 0 Å². The number of benzene rings is 2. The van der Waals surface area contributed by atoms with Gasteiger partial charge in [-0.05, 0) is 55.2 Å². The van der Waals surface area contributed by atoms with Gasteiger partial charge in [0.1, 0.15) is 5.82 Å². The first-order chi connectivity index (χ1) is 14.0. The molecule has 0 saturated carbocycles. The van der Waals surface area contributed by atoms with E-state index in [1.807, 2.05) is 0 Å². The van der Waals surface area contributed by atoms with Crippen molar-refractivity contribution in [2.45, 2.75) is 20.3 Å². The quantitative estimate of drug-likeness (QED) is 0.727. The van der Waals surface area contributed by atoms with Crippen LogP contribution in [0.3, 0.4) is 0 Å². The summed E-state index contributed by atoms with van der Waals surface area (Å²) in [7, 11) is 0. The molecule has 1 saturated heterocycles. The zero-order valence-corrected chi connectivity index (χ0v) is 16.8. The van der Waals surface area contributed by atoms with E-state index in [-0.39, 0.29) is 11.5 Å².